The Kier molecular flexibility index (Phi) is 6.01. The minimum atomic E-state index is -0.511. The predicted molar refractivity (Wildman–Crippen MR) is 109 cm³/mol. The molecule has 0 saturated heterocycles. The van der Waals surface area contributed by atoms with Gasteiger partial charge in [0.05, 0.1) is 23.9 Å². The highest BCUT2D eigenvalue weighted by atomic mass is 16.5. The number of methoxy groups -OCH3 is 1. The first-order valence-electron chi connectivity index (χ1n) is 8.92. The van der Waals surface area contributed by atoms with Crippen molar-refractivity contribution in [2.24, 2.45) is 0 Å². The molecule has 3 rings (SSSR count). The molecule has 3 aromatic rings. The maximum Gasteiger partial charge on any atom is 0.339 e. The summed E-state index contributed by atoms with van der Waals surface area (Å²) in [5.74, 6) is -0.222. The van der Waals surface area contributed by atoms with Gasteiger partial charge in [0.15, 0.2) is 0 Å². The first-order valence-corrected chi connectivity index (χ1v) is 8.92. The lowest BCUT2D eigenvalue weighted by Gasteiger charge is -2.11. The Labute approximate surface area is 163 Å². The molecule has 0 aliphatic heterocycles. The first kappa shape index (κ1) is 19.1. The first-order chi connectivity index (χ1) is 13.6. The Morgan fingerprint density at radius 3 is 2.36 bits per heavy atom. The van der Waals surface area contributed by atoms with E-state index in [9.17, 15) is 9.59 Å². The van der Waals surface area contributed by atoms with Crippen LogP contribution in [0.2, 0.25) is 0 Å². The van der Waals surface area contributed by atoms with E-state index in [1.807, 2.05) is 18.2 Å². The summed E-state index contributed by atoms with van der Waals surface area (Å²) in [6.45, 7) is 2.09. The summed E-state index contributed by atoms with van der Waals surface area (Å²) in [5.41, 5.74) is 3.24. The maximum atomic E-state index is 12.5. The van der Waals surface area contributed by atoms with E-state index in [0.29, 0.717) is 22.6 Å². The van der Waals surface area contributed by atoms with Crippen LogP contribution in [0.3, 0.4) is 0 Å². The quantitative estimate of drug-likeness (QED) is 0.623. The fourth-order valence-electron chi connectivity index (χ4n) is 2.77. The monoisotopic (exact) mass is 375 g/mol. The summed E-state index contributed by atoms with van der Waals surface area (Å²) < 4.78 is 4.74. The molecule has 0 bridgehead atoms. The molecule has 2 aromatic carbocycles. The number of aryl methyl sites for hydroxylation is 1. The lowest BCUT2D eigenvalue weighted by atomic mass is 10.1. The second-order valence-electron chi connectivity index (χ2n) is 6.06. The molecule has 0 atom stereocenters. The highest BCUT2D eigenvalue weighted by Crippen LogP contribution is 2.21. The van der Waals surface area contributed by atoms with Gasteiger partial charge in [0.25, 0.3) is 5.91 Å². The molecule has 0 saturated carbocycles. The molecule has 0 radical (unpaired) electrons. The molecule has 2 N–H and O–H groups in total. The van der Waals surface area contributed by atoms with Crippen molar-refractivity contribution in [3.63, 3.8) is 0 Å². The Bertz CT molecular complexity index is 984. The third-order valence-corrected chi connectivity index (χ3v) is 4.27. The molecule has 28 heavy (non-hydrogen) atoms. The number of aromatic nitrogens is 1. The van der Waals surface area contributed by atoms with Crippen LogP contribution in [0, 0.1) is 0 Å². The number of hydrogen-bond donors (Lipinski definition) is 2. The molecule has 6 heteroatoms. The number of carbonyl (C=O) groups is 2. The van der Waals surface area contributed by atoms with Gasteiger partial charge in [-0.15, -0.1) is 0 Å². The topological polar surface area (TPSA) is 80.3 Å². The van der Waals surface area contributed by atoms with Gasteiger partial charge in [-0.25, -0.2) is 9.78 Å². The number of ether oxygens (including phenoxy) is 1. The third-order valence-electron chi connectivity index (χ3n) is 4.27. The van der Waals surface area contributed by atoms with Crippen LogP contribution in [0.1, 0.15) is 33.2 Å². The molecule has 6 nitrogen and oxygen atoms in total. The van der Waals surface area contributed by atoms with Gasteiger partial charge in [0, 0.05) is 11.9 Å². The number of esters is 1. The molecular formula is C22H21N3O3. The highest BCUT2D eigenvalue weighted by molar-refractivity contribution is 6.07. The third kappa shape index (κ3) is 4.35. The summed E-state index contributed by atoms with van der Waals surface area (Å²) in [4.78, 5) is 28.7. The molecule has 0 aliphatic rings. The van der Waals surface area contributed by atoms with Crippen LogP contribution in [-0.4, -0.2) is 24.0 Å². The lowest BCUT2D eigenvalue weighted by molar-refractivity contribution is 0.0602. The molecule has 0 aliphatic carbocycles. The molecule has 1 amide bonds. The summed E-state index contributed by atoms with van der Waals surface area (Å²) in [5, 5.41) is 6.00. The average molecular weight is 375 g/mol. The minimum absolute atomic E-state index is 0.292. The van der Waals surface area contributed by atoms with E-state index in [1.54, 1.807) is 36.4 Å². The lowest BCUT2D eigenvalue weighted by Crippen LogP contribution is -2.15. The van der Waals surface area contributed by atoms with Crippen molar-refractivity contribution in [2.75, 3.05) is 17.7 Å². The molecule has 142 valence electrons. The van der Waals surface area contributed by atoms with E-state index in [1.165, 1.54) is 18.9 Å². The van der Waals surface area contributed by atoms with Crippen LogP contribution in [-0.2, 0) is 11.2 Å². The van der Waals surface area contributed by atoms with E-state index < -0.39 is 5.97 Å². The van der Waals surface area contributed by atoms with Crippen molar-refractivity contribution in [3.8, 4) is 0 Å². The SMILES string of the molecule is CCc1ccccc1Nc1ccc(C(=O)Nc2ccccc2C(=O)OC)cn1. The maximum absolute atomic E-state index is 12.5. The summed E-state index contributed by atoms with van der Waals surface area (Å²) in [7, 11) is 1.30. The molecule has 0 fully saturated rings. The van der Waals surface area contributed by atoms with Crippen molar-refractivity contribution >= 4 is 29.1 Å². The zero-order valence-corrected chi connectivity index (χ0v) is 15.7. The Morgan fingerprint density at radius 2 is 1.68 bits per heavy atom. The number of hydrogen-bond acceptors (Lipinski definition) is 5. The smallest absolute Gasteiger partial charge is 0.339 e. The second kappa shape index (κ2) is 8.81. The Hall–Kier alpha value is -3.67. The van der Waals surface area contributed by atoms with Crippen molar-refractivity contribution < 1.29 is 14.3 Å². The van der Waals surface area contributed by atoms with E-state index in [-0.39, 0.29) is 5.91 Å². The van der Waals surface area contributed by atoms with Gasteiger partial charge in [-0.05, 0) is 42.3 Å². The fourth-order valence-corrected chi connectivity index (χ4v) is 2.77. The molecule has 0 unspecified atom stereocenters. The average Bonchev–Trinajstić information content (AvgIpc) is 2.74. The number of pyridine rings is 1. The summed E-state index contributed by atoms with van der Waals surface area (Å²) in [6, 6.07) is 18.1. The standard InChI is InChI=1S/C22H21N3O3/c1-3-15-8-4-6-10-18(15)24-20-13-12-16(14-23-20)21(26)25-19-11-7-5-9-17(19)22(27)28-2/h4-14H,3H2,1-2H3,(H,23,24)(H,25,26). The van der Waals surface area contributed by atoms with E-state index in [2.05, 4.69) is 28.6 Å². The van der Waals surface area contributed by atoms with Crippen LogP contribution in [0.5, 0.6) is 0 Å². The van der Waals surface area contributed by atoms with Gasteiger partial charge in [-0.2, -0.15) is 0 Å². The summed E-state index contributed by atoms with van der Waals surface area (Å²) >= 11 is 0. The Balaban J connectivity index is 1.73. The van der Waals surface area contributed by atoms with Crippen molar-refractivity contribution in [2.45, 2.75) is 13.3 Å². The number of rotatable bonds is 6. The van der Waals surface area contributed by atoms with Crippen LogP contribution >= 0.6 is 0 Å². The van der Waals surface area contributed by atoms with Gasteiger partial charge in [0.1, 0.15) is 5.82 Å². The van der Waals surface area contributed by atoms with Gasteiger partial charge >= 0.3 is 5.97 Å². The normalized spacial score (nSPS) is 10.2. The van der Waals surface area contributed by atoms with Crippen LogP contribution in [0.25, 0.3) is 0 Å². The molecule has 1 heterocycles. The number of nitrogens with zero attached hydrogens (tertiary/aromatic N) is 1. The van der Waals surface area contributed by atoms with Crippen LogP contribution in [0.15, 0.2) is 66.9 Å². The molecule has 0 spiro atoms. The molecular weight excluding hydrogens is 354 g/mol. The number of benzene rings is 2. The number of nitrogens with one attached hydrogen (secondary N) is 2. The fraction of sp³-hybridized carbons (Fsp3) is 0.136. The zero-order valence-electron chi connectivity index (χ0n) is 15.7. The largest absolute Gasteiger partial charge is 0.465 e. The zero-order chi connectivity index (χ0) is 19.9. The van der Waals surface area contributed by atoms with E-state index >= 15 is 0 Å². The molecule has 1 aromatic heterocycles. The van der Waals surface area contributed by atoms with Gasteiger partial charge in [-0.1, -0.05) is 37.3 Å². The van der Waals surface area contributed by atoms with E-state index in [0.717, 1.165) is 12.1 Å². The Morgan fingerprint density at radius 1 is 0.964 bits per heavy atom. The predicted octanol–water partition coefficient (Wildman–Crippen LogP) is 4.43. The number of carbonyl (C=O) groups excluding carboxylic acids is 2. The number of para-hydroxylation sites is 2. The van der Waals surface area contributed by atoms with Crippen LogP contribution < -0.4 is 10.6 Å². The number of amides is 1. The van der Waals surface area contributed by atoms with Crippen molar-refractivity contribution in [1.29, 1.82) is 0 Å². The van der Waals surface area contributed by atoms with E-state index in [4.69, 9.17) is 4.74 Å². The van der Waals surface area contributed by atoms with Gasteiger partial charge in [0.2, 0.25) is 0 Å². The van der Waals surface area contributed by atoms with Crippen molar-refractivity contribution in [1.82, 2.24) is 4.98 Å². The number of anilines is 3. The van der Waals surface area contributed by atoms with Crippen molar-refractivity contribution in [3.05, 3.63) is 83.6 Å². The second-order valence-corrected chi connectivity index (χ2v) is 6.06. The summed E-state index contributed by atoms with van der Waals surface area (Å²) in [6.07, 6.45) is 2.40. The van der Waals surface area contributed by atoms with Crippen LogP contribution in [0.4, 0.5) is 17.2 Å². The van der Waals surface area contributed by atoms with Gasteiger partial charge in [-0.3, -0.25) is 4.79 Å². The van der Waals surface area contributed by atoms with Gasteiger partial charge < -0.3 is 15.4 Å². The highest BCUT2D eigenvalue weighted by Gasteiger charge is 2.14. The minimum Gasteiger partial charge on any atom is -0.465 e.